The summed E-state index contributed by atoms with van der Waals surface area (Å²) in [4.78, 5) is 0. The van der Waals surface area contributed by atoms with Crippen molar-refractivity contribution in [1.29, 1.82) is 0 Å². The molecule has 0 fully saturated rings. The van der Waals surface area contributed by atoms with Gasteiger partial charge in [-0.3, -0.25) is 0 Å². The molecule has 2 heteroatoms. The molecule has 1 N–H and O–H groups in total. The zero-order valence-corrected chi connectivity index (χ0v) is 7.25. The van der Waals surface area contributed by atoms with E-state index in [9.17, 15) is 0 Å². The molecular formula is C10H12BN. The lowest BCUT2D eigenvalue weighted by atomic mass is 10.1. The van der Waals surface area contributed by atoms with E-state index in [2.05, 4.69) is 36.5 Å². The Morgan fingerprint density at radius 2 is 2.00 bits per heavy atom. The van der Waals surface area contributed by atoms with Gasteiger partial charge in [0.1, 0.15) is 7.85 Å². The normalized spacial score (nSPS) is 10.4. The van der Waals surface area contributed by atoms with Gasteiger partial charge < -0.3 is 5.32 Å². The van der Waals surface area contributed by atoms with Gasteiger partial charge in [-0.05, 0) is 18.7 Å². The Balaban J connectivity index is 2.47. The van der Waals surface area contributed by atoms with Crippen molar-refractivity contribution in [2.75, 3.05) is 0 Å². The van der Waals surface area contributed by atoms with Crippen molar-refractivity contribution < 1.29 is 0 Å². The minimum absolute atomic E-state index is 0.827. The topological polar surface area (TPSA) is 12.0 Å². The van der Waals surface area contributed by atoms with Crippen molar-refractivity contribution in [3.8, 4) is 0 Å². The van der Waals surface area contributed by atoms with Crippen molar-refractivity contribution in [2.45, 2.75) is 13.5 Å². The van der Waals surface area contributed by atoms with Crippen LogP contribution >= 0.6 is 0 Å². The van der Waals surface area contributed by atoms with E-state index in [-0.39, 0.29) is 0 Å². The third kappa shape index (κ3) is 2.83. The lowest BCUT2D eigenvalue weighted by Crippen LogP contribution is -2.03. The van der Waals surface area contributed by atoms with Crippen molar-refractivity contribution >= 4 is 7.85 Å². The van der Waals surface area contributed by atoms with Gasteiger partial charge in [0.2, 0.25) is 0 Å². The molecule has 0 saturated heterocycles. The quantitative estimate of drug-likeness (QED) is 0.658. The molecule has 0 aliphatic rings. The molecule has 1 aromatic rings. The summed E-state index contributed by atoms with van der Waals surface area (Å²) < 4.78 is 0. The molecule has 0 aliphatic carbocycles. The second-order valence-corrected chi connectivity index (χ2v) is 2.73. The number of aryl methyl sites for hydroxylation is 1. The van der Waals surface area contributed by atoms with E-state index in [0.717, 1.165) is 6.54 Å². The highest BCUT2D eigenvalue weighted by molar-refractivity contribution is 6.16. The summed E-state index contributed by atoms with van der Waals surface area (Å²) in [6.07, 6.45) is 1.74. The van der Waals surface area contributed by atoms with Crippen molar-refractivity contribution in [1.82, 2.24) is 5.32 Å². The summed E-state index contributed by atoms with van der Waals surface area (Å²) >= 11 is 0. The van der Waals surface area contributed by atoms with Gasteiger partial charge in [-0.15, -0.1) is 5.98 Å². The monoisotopic (exact) mass is 157 g/mol. The van der Waals surface area contributed by atoms with Gasteiger partial charge in [-0.25, -0.2) is 0 Å². The average Bonchev–Trinajstić information content (AvgIpc) is 2.09. The molecule has 0 bridgehead atoms. The molecule has 1 aromatic carbocycles. The number of hydrogen-bond donors (Lipinski definition) is 1. The van der Waals surface area contributed by atoms with Crippen molar-refractivity contribution in [3.63, 3.8) is 0 Å². The molecule has 0 saturated carbocycles. The van der Waals surface area contributed by atoms with Crippen LogP contribution in [0.25, 0.3) is 0 Å². The van der Waals surface area contributed by atoms with Gasteiger partial charge in [0.15, 0.2) is 0 Å². The molecule has 0 heterocycles. The predicted octanol–water partition coefficient (Wildman–Crippen LogP) is 1.72. The Kier molecular flexibility index (Phi) is 3.46. The molecule has 0 aromatic heterocycles. The Bertz CT molecular complexity index is 251. The van der Waals surface area contributed by atoms with Gasteiger partial charge in [0.25, 0.3) is 0 Å². The van der Waals surface area contributed by atoms with Gasteiger partial charge in [0, 0.05) is 6.54 Å². The predicted molar refractivity (Wildman–Crippen MR) is 52.9 cm³/mol. The summed E-state index contributed by atoms with van der Waals surface area (Å²) in [5.41, 5.74) is 2.55. The minimum Gasteiger partial charge on any atom is -0.388 e. The van der Waals surface area contributed by atoms with Crippen LogP contribution < -0.4 is 5.32 Å². The first-order valence-corrected chi connectivity index (χ1v) is 3.98. The SMILES string of the molecule is [B]/C=C/NCc1ccc(C)cc1. The lowest BCUT2D eigenvalue weighted by molar-refractivity contribution is 0.871. The minimum atomic E-state index is 0.827. The van der Waals surface area contributed by atoms with Crippen LogP contribution in [0.15, 0.2) is 36.4 Å². The smallest absolute Gasteiger partial charge is 0.104 e. The van der Waals surface area contributed by atoms with E-state index >= 15 is 0 Å². The van der Waals surface area contributed by atoms with E-state index < -0.39 is 0 Å². The van der Waals surface area contributed by atoms with Crippen molar-refractivity contribution in [3.05, 3.63) is 47.6 Å². The zero-order chi connectivity index (χ0) is 8.81. The first-order valence-electron chi connectivity index (χ1n) is 3.98. The summed E-state index contributed by atoms with van der Waals surface area (Å²) in [5.74, 6) is 1.49. The number of rotatable bonds is 3. The maximum absolute atomic E-state index is 5.17. The second kappa shape index (κ2) is 4.65. The molecule has 0 aliphatic heterocycles. The highest BCUT2D eigenvalue weighted by atomic mass is 14.8. The third-order valence-corrected chi connectivity index (χ3v) is 1.64. The fourth-order valence-electron chi connectivity index (χ4n) is 0.951. The summed E-state index contributed by atoms with van der Waals surface area (Å²) in [6, 6.07) is 8.41. The van der Waals surface area contributed by atoms with E-state index in [1.165, 1.54) is 17.1 Å². The molecule has 1 nitrogen and oxygen atoms in total. The number of benzene rings is 1. The Morgan fingerprint density at radius 1 is 1.33 bits per heavy atom. The molecule has 0 unspecified atom stereocenters. The Hall–Kier alpha value is -1.18. The average molecular weight is 157 g/mol. The zero-order valence-electron chi connectivity index (χ0n) is 7.25. The molecule has 1 rings (SSSR count). The van der Waals surface area contributed by atoms with Crippen LogP contribution in [0.4, 0.5) is 0 Å². The largest absolute Gasteiger partial charge is 0.388 e. The lowest BCUT2D eigenvalue weighted by Gasteiger charge is -2.00. The van der Waals surface area contributed by atoms with Crippen LogP contribution in [0.3, 0.4) is 0 Å². The maximum Gasteiger partial charge on any atom is 0.104 e. The molecule has 60 valence electrons. The van der Waals surface area contributed by atoms with Crippen LogP contribution in [0.1, 0.15) is 11.1 Å². The molecular weight excluding hydrogens is 145 g/mol. The highest BCUT2D eigenvalue weighted by Crippen LogP contribution is 2.01. The molecule has 0 amide bonds. The maximum atomic E-state index is 5.17. The van der Waals surface area contributed by atoms with Crippen LogP contribution in [-0.2, 0) is 6.54 Å². The summed E-state index contributed by atoms with van der Waals surface area (Å²) in [6.45, 7) is 2.91. The van der Waals surface area contributed by atoms with Crippen LogP contribution in [0.5, 0.6) is 0 Å². The summed E-state index contributed by atoms with van der Waals surface area (Å²) in [5, 5.41) is 3.07. The fraction of sp³-hybridized carbons (Fsp3) is 0.200. The summed E-state index contributed by atoms with van der Waals surface area (Å²) in [7, 11) is 5.17. The Morgan fingerprint density at radius 3 is 2.58 bits per heavy atom. The van der Waals surface area contributed by atoms with Gasteiger partial charge in [0.05, 0.1) is 0 Å². The second-order valence-electron chi connectivity index (χ2n) is 2.73. The Labute approximate surface area is 74.9 Å². The molecule has 0 spiro atoms. The van der Waals surface area contributed by atoms with Gasteiger partial charge in [-0.1, -0.05) is 29.8 Å². The number of hydrogen-bond acceptors (Lipinski definition) is 1. The highest BCUT2D eigenvalue weighted by Gasteiger charge is 1.88. The fourth-order valence-corrected chi connectivity index (χ4v) is 0.951. The molecule has 12 heavy (non-hydrogen) atoms. The molecule has 2 radical (unpaired) electrons. The van der Waals surface area contributed by atoms with Crippen LogP contribution in [0.2, 0.25) is 0 Å². The van der Waals surface area contributed by atoms with E-state index in [1.807, 2.05) is 0 Å². The number of nitrogens with one attached hydrogen (secondary N) is 1. The van der Waals surface area contributed by atoms with E-state index in [0.29, 0.717) is 0 Å². The van der Waals surface area contributed by atoms with E-state index in [1.54, 1.807) is 6.20 Å². The van der Waals surface area contributed by atoms with E-state index in [4.69, 9.17) is 7.85 Å². The third-order valence-electron chi connectivity index (χ3n) is 1.64. The first kappa shape index (κ1) is 8.92. The standard InChI is InChI=1S/C10H12BN/c1-9-2-4-10(5-3-9)8-12-7-6-11/h2-7,12H,8H2,1H3/b7-6+. The van der Waals surface area contributed by atoms with Crippen LogP contribution in [0, 0.1) is 6.92 Å². The molecule has 0 atom stereocenters. The van der Waals surface area contributed by atoms with Gasteiger partial charge >= 0.3 is 0 Å². The van der Waals surface area contributed by atoms with Crippen LogP contribution in [-0.4, -0.2) is 7.85 Å². The first-order chi connectivity index (χ1) is 5.83. The van der Waals surface area contributed by atoms with Crippen molar-refractivity contribution in [2.24, 2.45) is 0 Å². The van der Waals surface area contributed by atoms with Gasteiger partial charge in [-0.2, -0.15) is 0 Å².